The van der Waals surface area contributed by atoms with Gasteiger partial charge in [-0.25, -0.2) is 0 Å². The van der Waals surface area contributed by atoms with E-state index in [1.54, 1.807) is 0 Å². The number of carbonyl (C=O) groups is 1. The smallest absolute Gasteiger partial charge is 0.234 e. The SMILES string of the molecule is CC(CN(C)CC(=O)NC(C)C(C)C)C(N)=S. The van der Waals surface area contributed by atoms with Crippen LogP contribution < -0.4 is 11.1 Å². The van der Waals surface area contributed by atoms with Crippen molar-refractivity contribution in [1.82, 2.24) is 10.2 Å². The number of likely N-dealkylation sites (N-methyl/N-ethyl adjacent to an activating group) is 1. The van der Waals surface area contributed by atoms with Gasteiger partial charge in [0.2, 0.25) is 5.91 Å². The number of nitrogens with two attached hydrogens (primary N) is 1. The first-order valence-electron chi connectivity index (χ1n) is 6.01. The molecule has 0 heterocycles. The monoisotopic (exact) mass is 259 g/mol. The number of nitrogens with one attached hydrogen (secondary N) is 1. The lowest BCUT2D eigenvalue weighted by atomic mass is 10.1. The van der Waals surface area contributed by atoms with E-state index in [0.29, 0.717) is 24.0 Å². The third-order valence-corrected chi connectivity index (χ3v) is 3.28. The fourth-order valence-corrected chi connectivity index (χ4v) is 1.41. The zero-order valence-electron chi connectivity index (χ0n) is 11.5. The Kier molecular flexibility index (Phi) is 7.30. The van der Waals surface area contributed by atoms with Crippen LogP contribution in [0.15, 0.2) is 0 Å². The van der Waals surface area contributed by atoms with E-state index in [2.05, 4.69) is 19.2 Å². The molecule has 2 atom stereocenters. The minimum Gasteiger partial charge on any atom is -0.393 e. The normalized spacial score (nSPS) is 14.8. The molecule has 5 heteroatoms. The molecule has 0 aliphatic carbocycles. The molecule has 0 radical (unpaired) electrons. The Balaban J connectivity index is 4.00. The predicted molar refractivity (Wildman–Crippen MR) is 75.9 cm³/mol. The molecule has 100 valence electrons. The molecule has 3 N–H and O–H groups in total. The molecule has 0 spiro atoms. The summed E-state index contributed by atoms with van der Waals surface area (Å²) in [5.41, 5.74) is 5.54. The summed E-state index contributed by atoms with van der Waals surface area (Å²) in [5, 5.41) is 2.97. The standard InChI is InChI=1S/C12H25N3OS/c1-8(2)10(4)14-11(16)7-15(5)6-9(3)12(13)17/h8-10H,6-7H2,1-5H3,(H2,13,17)(H,14,16). The average molecular weight is 259 g/mol. The second-order valence-corrected chi connectivity index (χ2v) is 5.57. The van der Waals surface area contributed by atoms with Gasteiger partial charge in [0.15, 0.2) is 0 Å². The molecular weight excluding hydrogens is 234 g/mol. The lowest BCUT2D eigenvalue weighted by molar-refractivity contribution is -0.122. The van der Waals surface area contributed by atoms with Gasteiger partial charge in [-0.2, -0.15) is 0 Å². The maximum atomic E-state index is 11.7. The Hall–Kier alpha value is -0.680. The topological polar surface area (TPSA) is 58.4 Å². The Morgan fingerprint density at radius 2 is 1.88 bits per heavy atom. The zero-order chi connectivity index (χ0) is 13.6. The highest BCUT2D eigenvalue weighted by Gasteiger charge is 2.14. The minimum atomic E-state index is 0.0452. The average Bonchev–Trinajstić information content (AvgIpc) is 2.16. The van der Waals surface area contributed by atoms with E-state index in [-0.39, 0.29) is 17.9 Å². The molecule has 1 amide bonds. The molecule has 4 nitrogen and oxygen atoms in total. The van der Waals surface area contributed by atoms with E-state index in [9.17, 15) is 4.79 Å². The van der Waals surface area contributed by atoms with Crippen molar-refractivity contribution < 1.29 is 4.79 Å². The van der Waals surface area contributed by atoms with Crippen molar-refractivity contribution in [3.05, 3.63) is 0 Å². The third kappa shape index (κ3) is 7.28. The van der Waals surface area contributed by atoms with Gasteiger partial charge in [-0.1, -0.05) is 33.0 Å². The van der Waals surface area contributed by atoms with Gasteiger partial charge in [-0.15, -0.1) is 0 Å². The third-order valence-electron chi connectivity index (χ3n) is 2.87. The van der Waals surface area contributed by atoms with Crippen LogP contribution in [-0.4, -0.2) is 42.0 Å². The number of carbonyl (C=O) groups excluding carboxylic acids is 1. The van der Waals surface area contributed by atoms with Crippen LogP contribution in [0, 0.1) is 11.8 Å². The van der Waals surface area contributed by atoms with Crippen LogP contribution in [0.25, 0.3) is 0 Å². The second-order valence-electron chi connectivity index (χ2n) is 5.10. The molecule has 0 fully saturated rings. The molecule has 0 saturated heterocycles. The fourth-order valence-electron chi connectivity index (χ4n) is 1.33. The van der Waals surface area contributed by atoms with Crippen molar-refractivity contribution in [3.63, 3.8) is 0 Å². The van der Waals surface area contributed by atoms with E-state index in [1.165, 1.54) is 0 Å². The van der Waals surface area contributed by atoms with Crippen molar-refractivity contribution >= 4 is 23.1 Å². The largest absolute Gasteiger partial charge is 0.393 e. The van der Waals surface area contributed by atoms with Crippen LogP contribution in [0.4, 0.5) is 0 Å². The predicted octanol–water partition coefficient (Wildman–Crippen LogP) is 1.00. The highest BCUT2D eigenvalue weighted by atomic mass is 32.1. The number of amides is 1. The molecule has 0 rings (SSSR count). The number of hydrogen-bond acceptors (Lipinski definition) is 3. The van der Waals surface area contributed by atoms with Gasteiger partial charge in [0.1, 0.15) is 0 Å². The summed E-state index contributed by atoms with van der Waals surface area (Å²) in [7, 11) is 1.90. The van der Waals surface area contributed by atoms with Gasteiger partial charge in [0, 0.05) is 18.5 Å². The molecular formula is C12H25N3OS. The van der Waals surface area contributed by atoms with Crippen LogP contribution in [-0.2, 0) is 4.79 Å². The molecule has 0 aromatic heterocycles. The van der Waals surface area contributed by atoms with Gasteiger partial charge in [-0.3, -0.25) is 9.69 Å². The van der Waals surface area contributed by atoms with Crippen molar-refractivity contribution in [1.29, 1.82) is 0 Å². The van der Waals surface area contributed by atoms with E-state index in [1.807, 2.05) is 25.8 Å². The molecule has 0 aromatic rings. The molecule has 0 saturated carbocycles. The first kappa shape index (κ1) is 16.3. The summed E-state index contributed by atoms with van der Waals surface area (Å²) in [4.78, 5) is 14.1. The molecule has 17 heavy (non-hydrogen) atoms. The van der Waals surface area contributed by atoms with Crippen molar-refractivity contribution in [2.24, 2.45) is 17.6 Å². The van der Waals surface area contributed by atoms with Crippen molar-refractivity contribution in [3.8, 4) is 0 Å². The maximum absolute atomic E-state index is 11.7. The Bertz CT molecular complexity index is 268. The van der Waals surface area contributed by atoms with Crippen LogP contribution in [0.3, 0.4) is 0 Å². The highest BCUT2D eigenvalue weighted by Crippen LogP contribution is 2.01. The van der Waals surface area contributed by atoms with Gasteiger partial charge < -0.3 is 11.1 Å². The van der Waals surface area contributed by atoms with E-state index in [0.717, 1.165) is 0 Å². The minimum absolute atomic E-state index is 0.0452. The summed E-state index contributed by atoms with van der Waals surface area (Å²) < 4.78 is 0. The van der Waals surface area contributed by atoms with Gasteiger partial charge in [0.25, 0.3) is 0 Å². The Labute approximate surface area is 110 Å². The summed E-state index contributed by atoms with van der Waals surface area (Å²) in [5.74, 6) is 0.619. The number of nitrogens with zero attached hydrogens (tertiary/aromatic N) is 1. The van der Waals surface area contributed by atoms with Crippen molar-refractivity contribution in [2.45, 2.75) is 33.7 Å². The molecule has 0 aromatic carbocycles. The summed E-state index contributed by atoms with van der Waals surface area (Å²) in [6.45, 7) is 9.24. The molecule has 0 aliphatic rings. The Morgan fingerprint density at radius 1 is 1.35 bits per heavy atom. The quantitative estimate of drug-likeness (QED) is 0.670. The van der Waals surface area contributed by atoms with Crippen LogP contribution in [0.5, 0.6) is 0 Å². The van der Waals surface area contributed by atoms with E-state index < -0.39 is 0 Å². The zero-order valence-corrected chi connectivity index (χ0v) is 12.3. The summed E-state index contributed by atoms with van der Waals surface area (Å²) in [6.07, 6.45) is 0. The van der Waals surface area contributed by atoms with E-state index in [4.69, 9.17) is 18.0 Å². The van der Waals surface area contributed by atoms with E-state index >= 15 is 0 Å². The summed E-state index contributed by atoms with van der Waals surface area (Å²) >= 11 is 4.90. The molecule has 0 aliphatic heterocycles. The van der Waals surface area contributed by atoms with Crippen molar-refractivity contribution in [2.75, 3.05) is 20.1 Å². The van der Waals surface area contributed by atoms with Gasteiger partial charge >= 0.3 is 0 Å². The van der Waals surface area contributed by atoms with Gasteiger partial charge in [-0.05, 0) is 19.9 Å². The lowest BCUT2D eigenvalue weighted by Crippen LogP contribution is -2.43. The number of hydrogen-bond donors (Lipinski definition) is 2. The number of thiocarbonyl (C=S) groups is 1. The lowest BCUT2D eigenvalue weighted by Gasteiger charge is -2.22. The first-order valence-corrected chi connectivity index (χ1v) is 6.42. The van der Waals surface area contributed by atoms with Crippen LogP contribution in [0.2, 0.25) is 0 Å². The summed E-state index contributed by atoms with van der Waals surface area (Å²) in [6, 6.07) is 0.198. The first-order chi connectivity index (χ1) is 7.73. The molecule has 2 unspecified atom stereocenters. The molecule has 0 bridgehead atoms. The van der Waals surface area contributed by atoms with Crippen LogP contribution in [0.1, 0.15) is 27.7 Å². The fraction of sp³-hybridized carbons (Fsp3) is 0.833. The maximum Gasteiger partial charge on any atom is 0.234 e. The van der Waals surface area contributed by atoms with Crippen LogP contribution >= 0.6 is 12.2 Å². The van der Waals surface area contributed by atoms with Gasteiger partial charge in [0.05, 0.1) is 11.5 Å². The second kappa shape index (κ2) is 7.61. The number of rotatable bonds is 7. The Morgan fingerprint density at radius 3 is 2.29 bits per heavy atom. The highest BCUT2D eigenvalue weighted by molar-refractivity contribution is 7.80.